The van der Waals surface area contributed by atoms with Gasteiger partial charge in [-0.2, -0.15) is 5.26 Å². The van der Waals surface area contributed by atoms with E-state index in [1.165, 1.54) is 24.8 Å². The Kier molecular flexibility index (Phi) is 4.21. The molecule has 1 saturated heterocycles. The van der Waals surface area contributed by atoms with E-state index in [9.17, 15) is 5.26 Å². The van der Waals surface area contributed by atoms with Gasteiger partial charge >= 0.3 is 0 Å². The van der Waals surface area contributed by atoms with Gasteiger partial charge in [0, 0.05) is 31.3 Å². The third-order valence-corrected chi connectivity index (χ3v) is 3.11. The van der Waals surface area contributed by atoms with E-state index in [0.717, 1.165) is 25.1 Å². The van der Waals surface area contributed by atoms with Crippen molar-refractivity contribution < 1.29 is 0 Å². The van der Waals surface area contributed by atoms with Gasteiger partial charge in [0.25, 0.3) is 0 Å². The van der Waals surface area contributed by atoms with Crippen LogP contribution in [0.15, 0.2) is 42.1 Å². The fraction of sp³-hybridized carbons (Fsp3) is 0.400. The lowest BCUT2D eigenvalue weighted by molar-refractivity contribution is 0.308. The van der Waals surface area contributed by atoms with E-state index in [1.54, 1.807) is 0 Å². The van der Waals surface area contributed by atoms with Crippen molar-refractivity contribution in [1.29, 1.82) is 5.26 Å². The molecule has 0 aliphatic carbocycles. The number of allylic oxidation sites excluding steroid dienone is 1. The molecule has 88 valence electrons. The van der Waals surface area contributed by atoms with Crippen LogP contribution in [0.3, 0.4) is 0 Å². The normalized spacial score (nSPS) is 16.6. The molecule has 0 amide bonds. The molecule has 1 aromatic rings. The second-order valence-corrected chi connectivity index (χ2v) is 4.53. The molecule has 0 spiro atoms. The first kappa shape index (κ1) is 11.7. The minimum absolute atomic E-state index is 0.744. The second-order valence-electron chi connectivity index (χ2n) is 4.53. The molecule has 0 aromatic heterocycles. The lowest BCUT2D eigenvalue weighted by Crippen LogP contribution is -2.24. The number of benzene rings is 1. The van der Waals surface area contributed by atoms with Gasteiger partial charge in [-0.1, -0.05) is 30.3 Å². The predicted molar refractivity (Wildman–Crippen MR) is 69.3 cm³/mol. The van der Waals surface area contributed by atoms with Gasteiger partial charge in [0.15, 0.2) is 0 Å². The van der Waals surface area contributed by atoms with Crippen molar-refractivity contribution >= 4 is 0 Å². The Bertz CT molecular complexity index is 408. The fourth-order valence-corrected chi connectivity index (χ4v) is 2.20. The van der Waals surface area contributed by atoms with Crippen LogP contribution < -0.4 is 0 Å². The highest BCUT2D eigenvalue weighted by Gasteiger charge is 2.07. The maximum Gasteiger partial charge on any atom is 0.0965 e. The number of piperidine rings is 1. The summed E-state index contributed by atoms with van der Waals surface area (Å²) >= 11 is 0. The summed E-state index contributed by atoms with van der Waals surface area (Å²) in [5.41, 5.74) is 2.07. The summed E-state index contributed by atoms with van der Waals surface area (Å²) in [5, 5.41) is 9.17. The van der Waals surface area contributed by atoms with Crippen molar-refractivity contribution in [2.24, 2.45) is 0 Å². The van der Waals surface area contributed by atoms with Crippen LogP contribution >= 0.6 is 0 Å². The van der Waals surface area contributed by atoms with Crippen LogP contribution in [0.1, 0.15) is 24.8 Å². The lowest BCUT2D eigenvalue weighted by atomic mass is 10.1. The van der Waals surface area contributed by atoms with Gasteiger partial charge in [0.2, 0.25) is 0 Å². The van der Waals surface area contributed by atoms with Crippen LogP contribution in [0, 0.1) is 11.3 Å². The first-order valence-corrected chi connectivity index (χ1v) is 6.27. The molecular formula is C15H18N2. The number of nitriles is 1. The topological polar surface area (TPSA) is 27.0 Å². The van der Waals surface area contributed by atoms with Gasteiger partial charge in [0.1, 0.15) is 0 Å². The Morgan fingerprint density at radius 2 is 1.88 bits per heavy atom. The van der Waals surface area contributed by atoms with E-state index in [0.29, 0.717) is 0 Å². The minimum Gasteiger partial charge on any atom is -0.377 e. The van der Waals surface area contributed by atoms with Gasteiger partial charge in [-0.25, -0.2) is 0 Å². The van der Waals surface area contributed by atoms with Crippen molar-refractivity contribution in [3.8, 4) is 6.07 Å². The van der Waals surface area contributed by atoms with E-state index in [2.05, 4.69) is 23.1 Å². The molecule has 1 aromatic carbocycles. The molecule has 0 bridgehead atoms. The molecule has 0 radical (unpaired) electrons. The van der Waals surface area contributed by atoms with Gasteiger partial charge in [-0.15, -0.1) is 0 Å². The predicted octanol–water partition coefficient (Wildman–Crippen LogP) is 3.12. The zero-order chi connectivity index (χ0) is 11.9. The van der Waals surface area contributed by atoms with Gasteiger partial charge < -0.3 is 4.90 Å². The molecule has 2 rings (SSSR count). The average molecular weight is 226 g/mol. The Hall–Kier alpha value is -1.75. The highest BCUT2D eigenvalue weighted by molar-refractivity contribution is 5.29. The van der Waals surface area contributed by atoms with Crippen molar-refractivity contribution in [1.82, 2.24) is 4.90 Å². The Morgan fingerprint density at radius 1 is 1.18 bits per heavy atom. The molecule has 2 nitrogen and oxygen atoms in total. The number of hydrogen-bond acceptors (Lipinski definition) is 2. The largest absolute Gasteiger partial charge is 0.377 e. The molecule has 2 heteroatoms. The summed E-state index contributed by atoms with van der Waals surface area (Å²) in [4.78, 5) is 2.28. The number of rotatable bonds is 3. The molecule has 1 heterocycles. The molecule has 1 aliphatic heterocycles. The first-order valence-electron chi connectivity index (χ1n) is 6.27. The second kappa shape index (κ2) is 6.10. The molecular weight excluding hydrogens is 208 g/mol. The standard InChI is InChI=1S/C15H18N2/c16-12-15(11-14-7-3-1-4-8-14)13-17-9-5-2-6-10-17/h1,3-4,7-8,13H,2,5-6,9-11H2. The summed E-state index contributed by atoms with van der Waals surface area (Å²) in [5.74, 6) is 0. The third kappa shape index (κ3) is 3.64. The SMILES string of the molecule is N#CC(=CN1CCCCC1)Cc1ccccc1. The van der Waals surface area contributed by atoms with Crippen LogP contribution in [0.4, 0.5) is 0 Å². The Balaban J connectivity index is 2.01. The summed E-state index contributed by atoms with van der Waals surface area (Å²) in [6, 6.07) is 12.5. The molecule has 1 aliphatic rings. The van der Waals surface area contributed by atoms with Crippen LogP contribution in [0.25, 0.3) is 0 Å². The van der Waals surface area contributed by atoms with Crippen LogP contribution in [-0.2, 0) is 6.42 Å². The third-order valence-electron chi connectivity index (χ3n) is 3.11. The fourth-order valence-electron chi connectivity index (χ4n) is 2.20. The van der Waals surface area contributed by atoms with Crippen LogP contribution in [0.2, 0.25) is 0 Å². The van der Waals surface area contributed by atoms with Crippen molar-refractivity contribution in [3.05, 3.63) is 47.7 Å². The van der Waals surface area contributed by atoms with E-state index >= 15 is 0 Å². The Labute approximate surface area is 103 Å². The van der Waals surface area contributed by atoms with Gasteiger partial charge in [-0.3, -0.25) is 0 Å². The van der Waals surface area contributed by atoms with Crippen molar-refractivity contribution in [3.63, 3.8) is 0 Å². The number of hydrogen-bond donors (Lipinski definition) is 0. The highest BCUT2D eigenvalue weighted by Crippen LogP contribution is 2.13. The van der Waals surface area contributed by atoms with E-state index < -0.39 is 0 Å². The molecule has 0 atom stereocenters. The molecule has 0 N–H and O–H groups in total. The molecule has 0 saturated carbocycles. The summed E-state index contributed by atoms with van der Waals surface area (Å²) in [6.45, 7) is 2.19. The lowest BCUT2D eigenvalue weighted by Gasteiger charge is -2.25. The monoisotopic (exact) mass is 226 g/mol. The molecule has 0 unspecified atom stereocenters. The molecule has 17 heavy (non-hydrogen) atoms. The maximum atomic E-state index is 9.17. The minimum atomic E-state index is 0.744. The summed E-state index contributed by atoms with van der Waals surface area (Å²) in [7, 11) is 0. The number of likely N-dealkylation sites (tertiary alicyclic amines) is 1. The first-order chi connectivity index (χ1) is 8.38. The summed E-state index contributed by atoms with van der Waals surface area (Å²) < 4.78 is 0. The Morgan fingerprint density at radius 3 is 2.53 bits per heavy atom. The van der Waals surface area contributed by atoms with E-state index in [4.69, 9.17) is 0 Å². The van der Waals surface area contributed by atoms with Gasteiger partial charge in [-0.05, 0) is 24.8 Å². The van der Waals surface area contributed by atoms with Crippen LogP contribution in [0.5, 0.6) is 0 Å². The average Bonchev–Trinajstić information content (AvgIpc) is 2.40. The number of nitrogens with zero attached hydrogens (tertiary/aromatic N) is 2. The van der Waals surface area contributed by atoms with Crippen molar-refractivity contribution in [2.75, 3.05) is 13.1 Å². The molecule has 1 fully saturated rings. The van der Waals surface area contributed by atoms with E-state index in [-0.39, 0.29) is 0 Å². The zero-order valence-electron chi connectivity index (χ0n) is 10.1. The van der Waals surface area contributed by atoms with Crippen molar-refractivity contribution in [2.45, 2.75) is 25.7 Å². The zero-order valence-corrected chi connectivity index (χ0v) is 10.1. The van der Waals surface area contributed by atoms with Gasteiger partial charge in [0.05, 0.1) is 6.07 Å². The smallest absolute Gasteiger partial charge is 0.0965 e. The maximum absolute atomic E-state index is 9.17. The van der Waals surface area contributed by atoms with Crippen LogP contribution in [-0.4, -0.2) is 18.0 Å². The highest BCUT2D eigenvalue weighted by atomic mass is 15.1. The quantitative estimate of drug-likeness (QED) is 0.740. The van der Waals surface area contributed by atoms with E-state index in [1.807, 2.05) is 24.4 Å². The summed E-state index contributed by atoms with van der Waals surface area (Å²) in [6.07, 6.45) is 6.62.